The van der Waals surface area contributed by atoms with E-state index in [9.17, 15) is 4.79 Å². The van der Waals surface area contributed by atoms with Gasteiger partial charge in [0, 0.05) is 36.7 Å². The average Bonchev–Trinajstić information content (AvgIpc) is 3.18. The van der Waals surface area contributed by atoms with Crippen LogP contribution < -0.4 is 5.32 Å². The van der Waals surface area contributed by atoms with E-state index in [4.69, 9.17) is 11.6 Å². The van der Waals surface area contributed by atoms with Gasteiger partial charge < -0.3 is 14.8 Å². The van der Waals surface area contributed by atoms with Gasteiger partial charge in [-0.15, -0.1) is 0 Å². The van der Waals surface area contributed by atoms with Crippen LogP contribution in [0.15, 0.2) is 67.3 Å². The highest BCUT2D eigenvalue weighted by atomic mass is 35.5. The second-order valence-corrected chi connectivity index (χ2v) is 6.59. The number of aromatic nitrogens is 2. The van der Waals surface area contributed by atoms with Crippen molar-refractivity contribution in [2.75, 3.05) is 7.05 Å². The standard InChI is InChI=1S/C20H21ClN4O/c1-15(16-7-9-18(10-8-16)25-12-11-22-14-25)23-20(26)24(2)13-17-5-3-4-6-19(17)21/h3-12,14-15H,13H2,1-2H3,(H,23,26)/t15-/m0/s1. The molecule has 3 aromatic rings. The maximum atomic E-state index is 12.5. The molecule has 6 heteroatoms. The molecule has 0 aliphatic heterocycles. The molecule has 1 heterocycles. The summed E-state index contributed by atoms with van der Waals surface area (Å²) in [6.45, 7) is 2.42. The highest BCUT2D eigenvalue weighted by molar-refractivity contribution is 6.31. The third-order valence-corrected chi connectivity index (χ3v) is 4.62. The van der Waals surface area contributed by atoms with Crippen LogP contribution in [0.5, 0.6) is 0 Å². The minimum Gasteiger partial charge on any atom is -0.331 e. The highest BCUT2D eigenvalue weighted by Crippen LogP contribution is 2.18. The molecule has 0 bridgehead atoms. The molecule has 0 saturated heterocycles. The third-order valence-electron chi connectivity index (χ3n) is 4.25. The van der Waals surface area contributed by atoms with E-state index in [1.165, 1.54) is 0 Å². The molecule has 26 heavy (non-hydrogen) atoms. The number of nitrogens with zero attached hydrogens (tertiary/aromatic N) is 3. The first-order valence-electron chi connectivity index (χ1n) is 8.38. The van der Waals surface area contributed by atoms with Crippen molar-refractivity contribution in [3.05, 3.63) is 83.4 Å². The van der Waals surface area contributed by atoms with Gasteiger partial charge in [0.25, 0.3) is 0 Å². The summed E-state index contributed by atoms with van der Waals surface area (Å²) in [6.07, 6.45) is 5.39. The normalized spacial score (nSPS) is 11.8. The van der Waals surface area contributed by atoms with E-state index in [1.807, 2.05) is 66.2 Å². The van der Waals surface area contributed by atoms with E-state index in [-0.39, 0.29) is 12.1 Å². The Morgan fingerprint density at radius 1 is 1.23 bits per heavy atom. The summed E-state index contributed by atoms with van der Waals surface area (Å²) in [5.74, 6) is 0. The fraction of sp³-hybridized carbons (Fsp3) is 0.200. The Kier molecular flexibility index (Phi) is 5.58. The van der Waals surface area contributed by atoms with Crippen LogP contribution in [-0.4, -0.2) is 27.5 Å². The molecule has 0 radical (unpaired) electrons. The SMILES string of the molecule is C[C@H](NC(=O)N(C)Cc1ccccc1Cl)c1ccc(-n2ccnc2)cc1. The van der Waals surface area contributed by atoms with Crippen molar-refractivity contribution in [2.24, 2.45) is 0 Å². The van der Waals surface area contributed by atoms with Crippen LogP contribution in [0.2, 0.25) is 5.02 Å². The van der Waals surface area contributed by atoms with Crippen LogP contribution in [0.1, 0.15) is 24.1 Å². The summed E-state index contributed by atoms with van der Waals surface area (Å²) in [5, 5.41) is 3.68. The lowest BCUT2D eigenvalue weighted by molar-refractivity contribution is 0.203. The lowest BCUT2D eigenvalue weighted by Crippen LogP contribution is -2.38. The van der Waals surface area contributed by atoms with Crippen molar-refractivity contribution in [2.45, 2.75) is 19.5 Å². The number of nitrogens with one attached hydrogen (secondary N) is 1. The molecule has 3 rings (SSSR count). The van der Waals surface area contributed by atoms with E-state index in [2.05, 4.69) is 10.3 Å². The number of carbonyl (C=O) groups excluding carboxylic acids is 1. The van der Waals surface area contributed by atoms with E-state index in [0.29, 0.717) is 11.6 Å². The van der Waals surface area contributed by atoms with Gasteiger partial charge >= 0.3 is 6.03 Å². The van der Waals surface area contributed by atoms with Gasteiger partial charge in [-0.3, -0.25) is 0 Å². The zero-order chi connectivity index (χ0) is 18.5. The first-order valence-corrected chi connectivity index (χ1v) is 8.75. The molecule has 0 saturated carbocycles. The third kappa shape index (κ3) is 4.24. The fourth-order valence-corrected chi connectivity index (χ4v) is 2.88. The molecule has 0 unspecified atom stereocenters. The number of benzene rings is 2. The summed E-state index contributed by atoms with van der Waals surface area (Å²) in [5.41, 5.74) is 2.98. The first-order chi connectivity index (χ1) is 12.5. The van der Waals surface area contributed by atoms with E-state index < -0.39 is 0 Å². The van der Waals surface area contributed by atoms with Crippen LogP contribution in [-0.2, 0) is 6.54 Å². The van der Waals surface area contributed by atoms with Gasteiger partial charge in [-0.05, 0) is 36.2 Å². The fourth-order valence-electron chi connectivity index (χ4n) is 2.68. The summed E-state index contributed by atoms with van der Waals surface area (Å²) in [6, 6.07) is 15.3. The zero-order valence-electron chi connectivity index (χ0n) is 14.8. The zero-order valence-corrected chi connectivity index (χ0v) is 15.5. The number of amides is 2. The molecule has 2 aromatic carbocycles. The molecule has 1 N–H and O–H groups in total. The molecule has 1 atom stereocenters. The Morgan fingerprint density at radius 2 is 1.96 bits per heavy atom. The van der Waals surface area contributed by atoms with Crippen molar-refractivity contribution in [3.8, 4) is 5.69 Å². The van der Waals surface area contributed by atoms with Gasteiger partial charge in [0.15, 0.2) is 0 Å². The lowest BCUT2D eigenvalue weighted by atomic mass is 10.1. The summed E-state index contributed by atoms with van der Waals surface area (Å²) >= 11 is 6.17. The summed E-state index contributed by atoms with van der Waals surface area (Å²) in [7, 11) is 1.76. The number of imidazole rings is 1. The van der Waals surface area contributed by atoms with Gasteiger partial charge in [-0.1, -0.05) is 41.9 Å². The summed E-state index contributed by atoms with van der Waals surface area (Å²) in [4.78, 5) is 18.1. The van der Waals surface area contributed by atoms with Crippen molar-refractivity contribution < 1.29 is 4.79 Å². The predicted molar refractivity (Wildman–Crippen MR) is 103 cm³/mol. The van der Waals surface area contributed by atoms with Crippen molar-refractivity contribution in [3.63, 3.8) is 0 Å². The minimum atomic E-state index is -0.142. The number of halogens is 1. The number of carbonyl (C=O) groups is 1. The van der Waals surface area contributed by atoms with Gasteiger partial charge in [0.05, 0.1) is 12.4 Å². The minimum absolute atomic E-state index is 0.104. The Bertz CT molecular complexity index is 862. The Hall–Kier alpha value is -2.79. The number of hydrogen-bond acceptors (Lipinski definition) is 2. The summed E-state index contributed by atoms with van der Waals surface area (Å²) < 4.78 is 1.93. The predicted octanol–water partition coefficient (Wildman–Crippen LogP) is 4.43. The van der Waals surface area contributed by atoms with E-state index >= 15 is 0 Å². The van der Waals surface area contributed by atoms with Gasteiger partial charge in [0.1, 0.15) is 0 Å². The average molecular weight is 369 g/mol. The number of urea groups is 1. The van der Waals surface area contributed by atoms with E-state index in [1.54, 1.807) is 24.5 Å². The topological polar surface area (TPSA) is 50.2 Å². The molecule has 1 aromatic heterocycles. The second-order valence-electron chi connectivity index (χ2n) is 6.18. The molecule has 0 aliphatic rings. The van der Waals surface area contributed by atoms with Crippen molar-refractivity contribution >= 4 is 17.6 Å². The monoisotopic (exact) mass is 368 g/mol. The van der Waals surface area contributed by atoms with Crippen LogP contribution in [0.4, 0.5) is 4.79 Å². The van der Waals surface area contributed by atoms with Gasteiger partial charge in [-0.2, -0.15) is 0 Å². The molecule has 0 fully saturated rings. The second kappa shape index (κ2) is 8.06. The van der Waals surface area contributed by atoms with Crippen LogP contribution in [0.25, 0.3) is 5.69 Å². The number of rotatable bonds is 5. The van der Waals surface area contributed by atoms with Gasteiger partial charge in [-0.25, -0.2) is 9.78 Å². The highest BCUT2D eigenvalue weighted by Gasteiger charge is 2.14. The molecule has 0 spiro atoms. The Balaban J connectivity index is 1.60. The maximum Gasteiger partial charge on any atom is 0.317 e. The number of hydrogen-bond donors (Lipinski definition) is 1. The quantitative estimate of drug-likeness (QED) is 0.724. The van der Waals surface area contributed by atoms with Crippen molar-refractivity contribution in [1.29, 1.82) is 0 Å². The molecule has 0 aliphatic carbocycles. The van der Waals surface area contributed by atoms with Crippen LogP contribution >= 0.6 is 11.6 Å². The van der Waals surface area contributed by atoms with Crippen molar-refractivity contribution in [1.82, 2.24) is 19.8 Å². The lowest BCUT2D eigenvalue weighted by Gasteiger charge is -2.22. The smallest absolute Gasteiger partial charge is 0.317 e. The van der Waals surface area contributed by atoms with Crippen LogP contribution in [0, 0.1) is 0 Å². The van der Waals surface area contributed by atoms with E-state index in [0.717, 1.165) is 16.8 Å². The Morgan fingerprint density at radius 3 is 2.62 bits per heavy atom. The molecular weight excluding hydrogens is 348 g/mol. The largest absolute Gasteiger partial charge is 0.331 e. The molecular formula is C20H21ClN4O. The maximum absolute atomic E-state index is 12.5. The van der Waals surface area contributed by atoms with Gasteiger partial charge in [0.2, 0.25) is 0 Å². The molecule has 2 amide bonds. The van der Waals surface area contributed by atoms with Crippen LogP contribution in [0.3, 0.4) is 0 Å². The molecule has 5 nitrogen and oxygen atoms in total. The molecule has 134 valence electrons. The first kappa shape index (κ1) is 18.0. The Labute approximate surface area is 158 Å².